The number of hydrogen-bond donors (Lipinski definition) is 1. The number of benzene rings is 1. The number of carbonyl (C=O) groups is 2. The number of methoxy groups -OCH3 is 2. The lowest BCUT2D eigenvalue weighted by molar-refractivity contribution is -0.146. The van der Waals surface area contributed by atoms with Crippen molar-refractivity contribution in [2.24, 2.45) is 5.92 Å². The van der Waals surface area contributed by atoms with Gasteiger partial charge in [-0.25, -0.2) is 4.79 Å². The molecule has 0 saturated carbocycles. The van der Waals surface area contributed by atoms with Crippen LogP contribution in [0, 0.1) is 5.92 Å². The zero-order valence-corrected chi connectivity index (χ0v) is 12.3. The number of urea groups is 1. The van der Waals surface area contributed by atoms with Crippen LogP contribution in [0.15, 0.2) is 24.3 Å². The summed E-state index contributed by atoms with van der Waals surface area (Å²) in [4.78, 5) is 25.4. The minimum atomic E-state index is -0.253. The number of amides is 2. The molecule has 1 N–H and O–H groups in total. The Morgan fingerprint density at radius 3 is 2.57 bits per heavy atom. The lowest BCUT2D eigenvalue weighted by Crippen LogP contribution is -2.44. The third kappa shape index (κ3) is 3.87. The molecular formula is C15H20N2O4. The van der Waals surface area contributed by atoms with Gasteiger partial charge in [-0.1, -0.05) is 0 Å². The summed E-state index contributed by atoms with van der Waals surface area (Å²) in [6.45, 7) is 1.05. The van der Waals surface area contributed by atoms with Crippen molar-refractivity contribution in [3.8, 4) is 5.75 Å². The summed E-state index contributed by atoms with van der Waals surface area (Å²) in [5.74, 6) is 0.249. The normalized spacial score (nSPS) is 18.0. The van der Waals surface area contributed by atoms with Crippen molar-refractivity contribution < 1.29 is 19.1 Å². The monoisotopic (exact) mass is 292 g/mol. The fourth-order valence-corrected chi connectivity index (χ4v) is 2.40. The number of esters is 1. The highest BCUT2D eigenvalue weighted by Gasteiger charge is 2.28. The zero-order chi connectivity index (χ0) is 15.2. The van der Waals surface area contributed by atoms with E-state index in [0.717, 1.165) is 18.6 Å². The fraction of sp³-hybridized carbons (Fsp3) is 0.467. The van der Waals surface area contributed by atoms with Gasteiger partial charge in [-0.15, -0.1) is 0 Å². The van der Waals surface area contributed by atoms with Gasteiger partial charge in [0.05, 0.1) is 20.1 Å². The Labute approximate surface area is 124 Å². The van der Waals surface area contributed by atoms with Gasteiger partial charge in [-0.3, -0.25) is 4.79 Å². The van der Waals surface area contributed by atoms with Gasteiger partial charge in [0.1, 0.15) is 5.75 Å². The predicted molar refractivity (Wildman–Crippen MR) is 78.3 cm³/mol. The molecule has 0 bridgehead atoms. The number of nitrogens with one attached hydrogen (secondary N) is 1. The summed E-state index contributed by atoms with van der Waals surface area (Å²) in [5.41, 5.74) is 0.695. The fourth-order valence-electron chi connectivity index (χ4n) is 2.40. The van der Waals surface area contributed by atoms with E-state index < -0.39 is 0 Å². The molecule has 6 nitrogen and oxygen atoms in total. The molecule has 1 unspecified atom stereocenters. The van der Waals surface area contributed by atoms with E-state index in [1.165, 1.54) is 7.11 Å². The highest BCUT2D eigenvalue weighted by Crippen LogP contribution is 2.20. The van der Waals surface area contributed by atoms with Gasteiger partial charge >= 0.3 is 12.0 Å². The molecule has 1 saturated heterocycles. The molecule has 1 aromatic rings. The first kappa shape index (κ1) is 15.2. The van der Waals surface area contributed by atoms with E-state index in [1.54, 1.807) is 36.3 Å². The molecule has 0 aliphatic carbocycles. The smallest absolute Gasteiger partial charge is 0.321 e. The van der Waals surface area contributed by atoms with Crippen molar-refractivity contribution in [1.29, 1.82) is 0 Å². The van der Waals surface area contributed by atoms with E-state index in [1.807, 2.05) is 0 Å². The van der Waals surface area contributed by atoms with Crippen LogP contribution in [0.1, 0.15) is 12.8 Å². The van der Waals surface area contributed by atoms with Gasteiger partial charge in [0.2, 0.25) is 0 Å². The molecule has 2 amide bonds. The molecule has 6 heteroatoms. The first-order chi connectivity index (χ1) is 10.1. The number of nitrogens with zero attached hydrogens (tertiary/aromatic N) is 1. The van der Waals surface area contributed by atoms with E-state index in [0.29, 0.717) is 18.8 Å². The van der Waals surface area contributed by atoms with Crippen LogP contribution in [-0.4, -0.2) is 44.2 Å². The maximum atomic E-state index is 12.2. The number of carbonyl (C=O) groups excluding carboxylic acids is 2. The van der Waals surface area contributed by atoms with Gasteiger partial charge in [0.15, 0.2) is 0 Å². The average Bonchev–Trinajstić information content (AvgIpc) is 2.55. The first-order valence-electron chi connectivity index (χ1n) is 6.92. The highest BCUT2D eigenvalue weighted by molar-refractivity contribution is 5.89. The summed E-state index contributed by atoms with van der Waals surface area (Å²) in [7, 11) is 2.97. The third-order valence-electron chi connectivity index (χ3n) is 3.58. The standard InChI is InChI=1S/C15H20N2O4/c1-20-13-7-5-12(6-8-13)16-15(19)17-9-3-4-11(10-17)14(18)21-2/h5-8,11H,3-4,9-10H2,1-2H3,(H,16,19). The van der Waals surface area contributed by atoms with Crippen LogP contribution in [0.5, 0.6) is 5.75 Å². The van der Waals surface area contributed by atoms with Crippen LogP contribution in [0.4, 0.5) is 10.5 Å². The summed E-state index contributed by atoms with van der Waals surface area (Å²) in [6, 6.07) is 6.91. The van der Waals surface area contributed by atoms with Gasteiger partial charge in [0.25, 0.3) is 0 Å². The lowest BCUT2D eigenvalue weighted by Gasteiger charge is -2.31. The van der Waals surface area contributed by atoms with E-state index in [-0.39, 0.29) is 17.9 Å². The molecule has 1 aliphatic rings. The van der Waals surface area contributed by atoms with Gasteiger partial charge in [-0.2, -0.15) is 0 Å². The Morgan fingerprint density at radius 1 is 1.24 bits per heavy atom. The minimum absolute atomic E-state index is 0.200. The maximum absolute atomic E-state index is 12.2. The lowest BCUT2D eigenvalue weighted by atomic mass is 9.98. The molecule has 2 rings (SSSR count). The Balaban J connectivity index is 1.94. The molecule has 1 heterocycles. The summed E-state index contributed by atoms with van der Waals surface area (Å²) in [5, 5.41) is 2.82. The number of rotatable bonds is 3. The SMILES string of the molecule is COC(=O)C1CCCN(C(=O)Nc2ccc(OC)cc2)C1. The van der Waals surface area contributed by atoms with Crippen molar-refractivity contribution in [2.75, 3.05) is 32.6 Å². The van der Waals surface area contributed by atoms with Crippen LogP contribution in [0.2, 0.25) is 0 Å². The van der Waals surface area contributed by atoms with Crippen LogP contribution >= 0.6 is 0 Å². The Hall–Kier alpha value is -2.24. The van der Waals surface area contributed by atoms with Crippen molar-refractivity contribution in [1.82, 2.24) is 4.90 Å². The van der Waals surface area contributed by atoms with Crippen molar-refractivity contribution in [2.45, 2.75) is 12.8 Å². The number of ether oxygens (including phenoxy) is 2. The number of piperidine rings is 1. The van der Waals surface area contributed by atoms with Gasteiger partial charge in [-0.05, 0) is 37.1 Å². The summed E-state index contributed by atoms with van der Waals surface area (Å²) in [6.07, 6.45) is 1.56. The molecule has 0 spiro atoms. The van der Waals surface area contributed by atoms with E-state index in [2.05, 4.69) is 5.32 Å². The largest absolute Gasteiger partial charge is 0.497 e. The first-order valence-corrected chi connectivity index (χ1v) is 6.92. The zero-order valence-electron chi connectivity index (χ0n) is 12.3. The molecule has 21 heavy (non-hydrogen) atoms. The van der Waals surface area contributed by atoms with Crippen LogP contribution in [0.3, 0.4) is 0 Å². The molecule has 0 aromatic heterocycles. The van der Waals surface area contributed by atoms with Gasteiger partial charge < -0.3 is 19.7 Å². The Kier molecular flexibility index (Phi) is 5.03. The van der Waals surface area contributed by atoms with Crippen molar-refractivity contribution in [3.05, 3.63) is 24.3 Å². The minimum Gasteiger partial charge on any atom is -0.497 e. The maximum Gasteiger partial charge on any atom is 0.321 e. The highest BCUT2D eigenvalue weighted by atomic mass is 16.5. The van der Waals surface area contributed by atoms with Crippen LogP contribution in [0.25, 0.3) is 0 Å². The average molecular weight is 292 g/mol. The number of anilines is 1. The van der Waals surface area contributed by atoms with Crippen LogP contribution < -0.4 is 10.1 Å². The molecule has 0 radical (unpaired) electrons. The topological polar surface area (TPSA) is 67.9 Å². The third-order valence-corrected chi connectivity index (χ3v) is 3.58. The Morgan fingerprint density at radius 2 is 1.95 bits per heavy atom. The second-order valence-electron chi connectivity index (χ2n) is 4.97. The molecule has 1 aliphatic heterocycles. The number of likely N-dealkylation sites (tertiary alicyclic amines) is 1. The van der Waals surface area contributed by atoms with E-state index in [9.17, 15) is 9.59 Å². The molecule has 1 aromatic carbocycles. The quantitative estimate of drug-likeness (QED) is 0.866. The van der Waals surface area contributed by atoms with E-state index in [4.69, 9.17) is 9.47 Å². The predicted octanol–water partition coefficient (Wildman–Crippen LogP) is 2.11. The second kappa shape index (κ2) is 6.97. The molecule has 114 valence electrons. The van der Waals surface area contributed by atoms with Gasteiger partial charge in [0, 0.05) is 18.8 Å². The molecule has 1 atom stereocenters. The van der Waals surface area contributed by atoms with Crippen molar-refractivity contribution >= 4 is 17.7 Å². The Bertz CT molecular complexity index is 501. The van der Waals surface area contributed by atoms with Crippen LogP contribution in [-0.2, 0) is 9.53 Å². The summed E-state index contributed by atoms with van der Waals surface area (Å²) < 4.78 is 9.82. The second-order valence-corrected chi connectivity index (χ2v) is 4.97. The molecule has 1 fully saturated rings. The van der Waals surface area contributed by atoms with Crippen molar-refractivity contribution in [3.63, 3.8) is 0 Å². The number of hydrogen-bond acceptors (Lipinski definition) is 4. The summed E-state index contributed by atoms with van der Waals surface area (Å²) >= 11 is 0. The molecular weight excluding hydrogens is 272 g/mol. The van der Waals surface area contributed by atoms with E-state index >= 15 is 0 Å².